The second-order valence-electron chi connectivity index (χ2n) is 7.64. The Morgan fingerprint density at radius 3 is 2.83 bits per heavy atom. The maximum absolute atomic E-state index is 4.55. The fourth-order valence-electron chi connectivity index (χ4n) is 4.06. The first kappa shape index (κ1) is 22.1. The van der Waals surface area contributed by atoms with Gasteiger partial charge in [0.1, 0.15) is 0 Å². The maximum Gasteiger partial charge on any atom is 0.0918 e. The SMILES string of the molecule is CC.CCCc1cc(CNC2=CNCC=C2N2CCNC(C)C2)cc2nccnc12. The highest BCUT2D eigenvalue weighted by molar-refractivity contribution is 5.78. The van der Waals surface area contributed by atoms with Crippen molar-refractivity contribution in [2.24, 2.45) is 0 Å². The molecule has 0 spiro atoms. The van der Waals surface area contributed by atoms with Gasteiger partial charge in [-0.15, -0.1) is 0 Å². The van der Waals surface area contributed by atoms with E-state index >= 15 is 0 Å². The average Bonchev–Trinajstić information content (AvgIpc) is 2.79. The first-order chi connectivity index (χ1) is 14.7. The molecule has 4 rings (SSSR count). The van der Waals surface area contributed by atoms with Crippen LogP contribution in [-0.2, 0) is 13.0 Å². The molecule has 0 amide bonds. The minimum absolute atomic E-state index is 0.515. The van der Waals surface area contributed by atoms with Crippen LogP contribution in [0.15, 0.2) is 48.2 Å². The fraction of sp³-hybridized carbons (Fsp3) is 0.500. The number of nitrogens with zero attached hydrogens (tertiary/aromatic N) is 3. The van der Waals surface area contributed by atoms with Gasteiger partial charge in [0.25, 0.3) is 0 Å². The van der Waals surface area contributed by atoms with Gasteiger partial charge >= 0.3 is 0 Å². The molecule has 1 aromatic carbocycles. The Morgan fingerprint density at radius 2 is 2.03 bits per heavy atom. The van der Waals surface area contributed by atoms with Crippen molar-refractivity contribution >= 4 is 11.0 Å². The van der Waals surface area contributed by atoms with Crippen molar-refractivity contribution in [1.29, 1.82) is 0 Å². The lowest BCUT2D eigenvalue weighted by Crippen LogP contribution is -2.49. The van der Waals surface area contributed by atoms with E-state index in [-0.39, 0.29) is 0 Å². The zero-order valence-corrected chi connectivity index (χ0v) is 18.8. The van der Waals surface area contributed by atoms with Crippen LogP contribution in [0, 0.1) is 0 Å². The van der Waals surface area contributed by atoms with Gasteiger partial charge in [-0.1, -0.05) is 33.3 Å². The Bertz CT molecular complexity index is 888. The van der Waals surface area contributed by atoms with Crippen LogP contribution in [0.2, 0.25) is 0 Å². The maximum atomic E-state index is 4.55. The van der Waals surface area contributed by atoms with Crippen LogP contribution in [0.25, 0.3) is 11.0 Å². The zero-order valence-electron chi connectivity index (χ0n) is 18.8. The van der Waals surface area contributed by atoms with E-state index in [1.165, 1.54) is 16.8 Å². The van der Waals surface area contributed by atoms with Crippen LogP contribution in [0.3, 0.4) is 0 Å². The normalized spacial score (nSPS) is 18.7. The van der Waals surface area contributed by atoms with Crippen molar-refractivity contribution in [3.63, 3.8) is 0 Å². The van der Waals surface area contributed by atoms with Crippen LogP contribution in [-0.4, -0.2) is 47.1 Å². The second-order valence-corrected chi connectivity index (χ2v) is 7.64. The lowest BCUT2D eigenvalue weighted by Gasteiger charge is -2.37. The lowest BCUT2D eigenvalue weighted by molar-refractivity contribution is 0.256. The minimum atomic E-state index is 0.515. The first-order valence-electron chi connectivity index (χ1n) is 11.3. The van der Waals surface area contributed by atoms with E-state index in [1.807, 2.05) is 13.8 Å². The van der Waals surface area contributed by atoms with Crippen molar-refractivity contribution in [2.45, 2.75) is 53.1 Å². The number of hydrogen-bond donors (Lipinski definition) is 3. The number of nitrogens with one attached hydrogen (secondary N) is 3. The summed E-state index contributed by atoms with van der Waals surface area (Å²) in [6, 6.07) is 4.95. The summed E-state index contributed by atoms with van der Waals surface area (Å²) in [5.74, 6) is 0. The summed E-state index contributed by atoms with van der Waals surface area (Å²) in [6.07, 6.45) is 10.1. The Balaban J connectivity index is 0.00000124. The molecule has 1 fully saturated rings. The van der Waals surface area contributed by atoms with Crippen molar-refractivity contribution in [3.05, 3.63) is 59.3 Å². The van der Waals surface area contributed by atoms with E-state index in [0.29, 0.717) is 6.04 Å². The molecule has 1 atom stereocenters. The lowest BCUT2D eigenvalue weighted by atomic mass is 10.0. The predicted octanol–water partition coefficient (Wildman–Crippen LogP) is 3.32. The van der Waals surface area contributed by atoms with Gasteiger partial charge in [0.2, 0.25) is 0 Å². The van der Waals surface area contributed by atoms with Crippen LogP contribution in [0.1, 0.15) is 45.2 Å². The van der Waals surface area contributed by atoms with Crippen LogP contribution in [0.4, 0.5) is 0 Å². The Morgan fingerprint density at radius 1 is 1.20 bits per heavy atom. The van der Waals surface area contributed by atoms with E-state index in [1.54, 1.807) is 12.4 Å². The molecule has 0 bridgehead atoms. The van der Waals surface area contributed by atoms with Gasteiger partial charge in [-0.2, -0.15) is 0 Å². The number of hydrogen-bond acceptors (Lipinski definition) is 6. The molecule has 1 saturated heterocycles. The summed E-state index contributed by atoms with van der Waals surface area (Å²) in [5, 5.41) is 10.5. The summed E-state index contributed by atoms with van der Waals surface area (Å²) < 4.78 is 0. The van der Waals surface area contributed by atoms with E-state index in [2.05, 4.69) is 69.1 Å². The Kier molecular flexibility index (Phi) is 8.08. The quantitative estimate of drug-likeness (QED) is 0.681. The molecule has 0 aliphatic carbocycles. The minimum Gasteiger partial charge on any atom is -0.386 e. The van der Waals surface area contributed by atoms with Crippen LogP contribution >= 0.6 is 0 Å². The molecule has 1 unspecified atom stereocenters. The summed E-state index contributed by atoms with van der Waals surface area (Å²) in [6.45, 7) is 13.2. The van der Waals surface area contributed by atoms with E-state index in [4.69, 9.17) is 0 Å². The number of fused-ring (bicyclic) bond motifs is 1. The summed E-state index contributed by atoms with van der Waals surface area (Å²) in [5.41, 5.74) is 7.01. The van der Waals surface area contributed by atoms with Gasteiger partial charge in [0.15, 0.2) is 0 Å². The van der Waals surface area contributed by atoms with E-state index in [0.717, 1.165) is 62.3 Å². The molecule has 0 saturated carbocycles. The van der Waals surface area contributed by atoms with Gasteiger partial charge < -0.3 is 20.9 Å². The molecule has 2 aliphatic rings. The van der Waals surface area contributed by atoms with Crippen molar-refractivity contribution in [2.75, 3.05) is 26.2 Å². The molecule has 0 radical (unpaired) electrons. The van der Waals surface area contributed by atoms with E-state index in [9.17, 15) is 0 Å². The monoisotopic (exact) mass is 408 g/mol. The number of aryl methyl sites for hydroxylation is 1. The van der Waals surface area contributed by atoms with E-state index < -0.39 is 0 Å². The highest BCUT2D eigenvalue weighted by Gasteiger charge is 2.21. The van der Waals surface area contributed by atoms with Crippen molar-refractivity contribution < 1.29 is 0 Å². The molecule has 30 heavy (non-hydrogen) atoms. The molecule has 3 heterocycles. The smallest absolute Gasteiger partial charge is 0.0918 e. The standard InChI is InChI=1S/C22H30N6.C2H6/c1-3-4-18-11-17(12-19-22(18)26-8-7-25-19)13-27-20-14-23-6-5-21(20)28-10-9-24-16(2)15-28;1-2/h5,7-8,11-12,14,16,23-24,27H,3-4,6,9-10,13,15H2,1-2H3;1-2H3. The van der Waals surface area contributed by atoms with Crippen molar-refractivity contribution in [3.8, 4) is 0 Å². The second kappa shape index (κ2) is 11.0. The van der Waals surface area contributed by atoms with Crippen molar-refractivity contribution in [1.82, 2.24) is 30.8 Å². The number of rotatable bonds is 6. The molecule has 2 aromatic rings. The highest BCUT2D eigenvalue weighted by atomic mass is 15.2. The number of piperazine rings is 1. The van der Waals surface area contributed by atoms with Crippen LogP contribution < -0.4 is 16.0 Å². The topological polar surface area (TPSA) is 65.1 Å². The molecule has 3 N–H and O–H groups in total. The zero-order chi connectivity index (χ0) is 21.3. The highest BCUT2D eigenvalue weighted by Crippen LogP contribution is 2.21. The number of benzene rings is 1. The molecule has 162 valence electrons. The van der Waals surface area contributed by atoms with Gasteiger partial charge in [-0.3, -0.25) is 9.97 Å². The Hall–Kier alpha value is -2.60. The largest absolute Gasteiger partial charge is 0.386 e. The summed E-state index contributed by atoms with van der Waals surface area (Å²) in [4.78, 5) is 11.6. The third-order valence-electron chi connectivity index (χ3n) is 5.36. The summed E-state index contributed by atoms with van der Waals surface area (Å²) in [7, 11) is 0. The third-order valence-corrected chi connectivity index (χ3v) is 5.36. The molecule has 1 aromatic heterocycles. The Labute approximate surface area is 180 Å². The third kappa shape index (κ3) is 5.30. The molecule has 6 nitrogen and oxygen atoms in total. The van der Waals surface area contributed by atoms with Gasteiger partial charge in [0.05, 0.1) is 22.4 Å². The molecular weight excluding hydrogens is 372 g/mol. The number of aromatic nitrogens is 2. The average molecular weight is 409 g/mol. The predicted molar refractivity (Wildman–Crippen MR) is 125 cm³/mol. The first-order valence-corrected chi connectivity index (χ1v) is 11.3. The summed E-state index contributed by atoms with van der Waals surface area (Å²) >= 11 is 0. The van der Waals surface area contributed by atoms with Crippen LogP contribution in [0.5, 0.6) is 0 Å². The van der Waals surface area contributed by atoms with Gasteiger partial charge in [-0.25, -0.2) is 0 Å². The molecule has 6 heteroatoms. The van der Waals surface area contributed by atoms with Gasteiger partial charge in [0, 0.05) is 57.4 Å². The fourth-order valence-corrected chi connectivity index (χ4v) is 4.06. The van der Waals surface area contributed by atoms with Gasteiger partial charge in [-0.05, 0) is 36.6 Å². The molecular formula is C24H36N6. The number of dihydropyridines is 1. The molecule has 2 aliphatic heterocycles.